The van der Waals surface area contributed by atoms with Crippen molar-refractivity contribution in [2.24, 2.45) is 0 Å². The van der Waals surface area contributed by atoms with Gasteiger partial charge in [-0.15, -0.1) is 10.2 Å². The lowest BCUT2D eigenvalue weighted by Crippen LogP contribution is -2.16. The SMILES string of the molecule is CCOC(=O)c1ccc(C(F)(F)F)n2c(CSCC)nnc12. The van der Waals surface area contributed by atoms with Crippen molar-refractivity contribution in [3.8, 4) is 0 Å². The predicted octanol–water partition coefficient (Wildman–Crippen LogP) is 3.18. The van der Waals surface area contributed by atoms with Crippen molar-refractivity contribution < 1.29 is 22.7 Å². The van der Waals surface area contributed by atoms with Crippen molar-refractivity contribution in [2.45, 2.75) is 25.8 Å². The molecule has 0 saturated carbocycles. The van der Waals surface area contributed by atoms with Gasteiger partial charge in [0.2, 0.25) is 0 Å². The van der Waals surface area contributed by atoms with Crippen LogP contribution < -0.4 is 0 Å². The van der Waals surface area contributed by atoms with Crippen LogP contribution in [0.15, 0.2) is 12.1 Å². The van der Waals surface area contributed by atoms with Crippen LogP contribution in [0.2, 0.25) is 0 Å². The summed E-state index contributed by atoms with van der Waals surface area (Å²) < 4.78 is 45.3. The molecule has 0 atom stereocenters. The van der Waals surface area contributed by atoms with Gasteiger partial charge in [-0.1, -0.05) is 6.92 Å². The van der Waals surface area contributed by atoms with E-state index >= 15 is 0 Å². The van der Waals surface area contributed by atoms with Gasteiger partial charge in [-0.2, -0.15) is 24.9 Å². The molecule has 0 radical (unpaired) electrons. The van der Waals surface area contributed by atoms with Crippen molar-refractivity contribution in [3.63, 3.8) is 0 Å². The van der Waals surface area contributed by atoms with E-state index in [2.05, 4.69) is 10.2 Å². The molecule has 9 heteroatoms. The zero-order chi connectivity index (χ0) is 16.3. The number of hydrogen-bond acceptors (Lipinski definition) is 5. The minimum atomic E-state index is -4.57. The maximum atomic E-state index is 13.2. The fraction of sp³-hybridized carbons (Fsp3) is 0.462. The number of thioether (sulfide) groups is 1. The van der Waals surface area contributed by atoms with Crippen molar-refractivity contribution in [3.05, 3.63) is 29.2 Å². The van der Waals surface area contributed by atoms with E-state index < -0.39 is 17.8 Å². The molecule has 2 heterocycles. The number of ether oxygens (including phenoxy) is 1. The lowest BCUT2D eigenvalue weighted by molar-refractivity contribution is -0.142. The maximum absolute atomic E-state index is 13.2. The molecule has 2 aromatic rings. The molecule has 0 saturated heterocycles. The molecule has 0 aliphatic carbocycles. The summed E-state index contributed by atoms with van der Waals surface area (Å²) in [7, 11) is 0. The highest BCUT2D eigenvalue weighted by atomic mass is 32.2. The first-order valence-corrected chi connectivity index (χ1v) is 7.74. The highest BCUT2D eigenvalue weighted by Gasteiger charge is 2.35. The molecule has 0 aliphatic heterocycles. The molecule has 5 nitrogen and oxygen atoms in total. The van der Waals surface area contributed by atoms with Crippen LogP contribution in [-0.4, -0.2) is 32.9 Å². The van der Waals surface area contributed by atoms with Gasteiger partial charge < -0.3 is 4.74 Å². The normalized spacial score (nSPS) is 11.9. The van der Waals surface area contributed by atoms with E-state index in [0.29, 0.717) is 0 Å². The van der Waals surface area contributed by atoms with Crippen LogP contribution in [0.3, 0.4) is 0 Å². The fourth-order valence-corrected chi connectivity index (χ4v) is 2.51. The van der Waals surface area contributed by atoms with E-state index in [0.717, 1.165) is 22.3 Å². The predicted molar refractivity (Wildman–Crippen MR) is 75.8 cm³/mol. The van der Waals surface area contributed by atoms with Gasteiger partial charge in [-0.3, -0.25) is 4.40 Å². The largest absolute Gasteiger partial charge is 0.462 e. The Morgan fingerprint density at radius 3 is 2.64 bits per heavy atom. The number of aromatic nitrogens is 3. The molecular weight excluding hydrogens is 319 g/mol. The summed E-state index contributed by atoms with van der Waals surface area (Å²) >= 11 is 1.42. The molecule has 0 bridgehead atoms. The van der Waals surface area contributed by atoms with Crippen molar-refractivity contribution >= 4 is 23.4 Å². The molecule has 0 aliphatic rings. The Hall–Kier alpha value is -1.77. The molecule has 2 rings (SSSR count). The Kier molecular flexibility index (Phi) is 4.94. The number of hydrogen-bond donors (Lipinski definition) is 0. The summed E-state index contributed by atoms with van der Waals surface area (Å²) in [5.41, 5.74) is -1.08. The standard InChI is InChI=1S/C13H14F3N3O2S/c1-3-21-12(20)8-5-6-9(13(14,15)16)19-10(7-22-4-2)17-18-11(8)19/h5-6H,3-4,7H2,1-2H3. The van der Waals surface area contributed by atoms with Crippen LogP contribution in [0, 0.1) is 0 Å². The van der Waals surface area contributed by atoms with E-state index in [4.69, 9.17) is 4.74 Å². The summed E-state index contributed by atoms with van der Waals surface area (Å²) in [5.74, 6) is 0.435. The number of esters is 1. The molecule has 0 fully saturated rings. The number of pyridine rings is 1. The Balaban J connectivity index is 2.64. The maximum Gasteiger partial charge on any atom is 0.431 e. The molecular formula is C13H14F3N3O2S. The Morgan fingerprint density at radius 1 is 1.32 bits per heavy atom. The van der Waals surface area contributed by atoms with Crippen molar-refractivity contribution in [2.75, 3.05) is 12.4 Å². The number of carbonyl (C=O) groups is 1. The quantitative estimate of drug-likeness (QED) is 0.787. The number of carbonyl (C=O) groups excluding carboxylic acids is 1. The van der Waals surface area contributed by atoms with Crippen molar-refractivity contribution in [1.82, 2.24) is 14.6 Å². The lowest BCUT2D eigenvalue weighted by atomic mass is 10.2. The second-order valence-electron chi connectivity index (χ2n) is 4.26. The Bertz CT molecular complexity index is 685. The van der Waals surface area contributed by atoms with E-state index in [9.17, 15) is 18.0 Å². The molecule has 120 valence electrons. The molecule has 0 N–H and O–H groups in total. The van der Waals surface area contributed by atoms with E-state index in [-0.39, 0.29) is 29.4 Å². The molecule has 2 aromatic heterocycles. The molecule has 0 amide bonds. The Labute approximate surface area is 128 Å². The van der Waals surface area contributed by atoms with Gasteiger partial charge in [0.05, 0.1) is 12.4 Å². The zero-order valence-corrected chi connectivity index (χ0v) is 12.8. The zero-order valence-electron chi connectivity index (χ0n) is 12.0. The van der Waals surface area contributed by atoms with E-state index in [1.165, 1.54) is 11.8 Å². The second kappa shape index (κ2) is 6.55. The lowest BCUT2D eigenvalue weighted by Gasteiger charge is -2.12. The van der Waals surface area contributed by atoms with Crippen LogP contribution in [-0.2, 0) is 16.7 Å². The van der Waals surface area contributed by atoms with Crippen LogP contribution in [0.4, 0.5) is 13.2 Å². The van der Waals surface area contributed by atoms with Gasteiger partial charge in [-0.05, 0) is 24.8 Å². The van der Waals surface area contributed by atoms with Gasteiger partial charge in [0.25, 0.3) is 0 Å². The summed E-state index contributed by atoms with van der Waals surface area (Å²) in [4.78, 5) is 11.9. The first-order chi connectivity index (χ1) is 10.4. The van der Waals surface area contributed by atoms with Gasteiger partial charge in [-0.25, -0.2) is 4.79 Å². The number of fused-ring (bicyclic) bond motifs is 1. The molecule has 0 spiro atoms. The average molecular weight is 333 g/mol. The number of rotatable bonds is 5. The topological polar surface area (TPSA) is 56.5 Å². The summed E-state index contributed by atoms with van der Waals surface area (Å²) in [5, 5.41) is 7.54. The molecule has 22 heavy (non-hydrogen) atoms. The first kappa shape index (κ1) is 16.6. The summed E-state index contributed by atoms with van der Waals surface area (Å²) in [6.07, 6.45) is -4.57. The van der Waals surface area contributed by atoms with E-state index in [1.807, 2.05) is 6.92 Å². The Morgan fingerprint density at radius 2 is 2.05 bits per heavy atom. The monoisotopic (exact) mass is 333 g/mol. The smallest absolute Gasteiger partial charge is 0.431 e. The number of alkyl halides is 3. The van der Waals surface area contributed by atoms with Crippen LogP contribution in [0.1, 0.15) is 35.7 Å². The average Bonchev–Trinajstić information content (AvgIpc) is 2.87. The minimum Gasteiger partial charge on any atom is -0.462 e. The van der Waals surface area contributed by atoms with Crippen LogP contribution in [0.25, 0.3) is 5.65 Å². The van der Waals surface area contributed by atoms with Gasteiger partial charge >= 0.3 is 12.1 Å². The fourth-order valence-electron chi connectivity index (χ4n) is 1.93. The van der Waals surface area contributed by atoms with E-state index in [1.54, 1.807) is 6.92 Å². The highest BCUT2D eigenvalue weighted by Crippen LogP contribution is 2.31. The number of nitrogens with zero attached hydrogens (tertiary/aromatic N) is 3. The van der Waals surface area contributed by atoms with Crippen LogP contribution in [0.5, 0.6) is 0 Å². The highest BCUT2D eigenvalue weighted by molar-refractivity contribution is 7.98. The number of halogens is 3. The third-order valence-corrected chi connectivity index (χ3v) is 3.71. The van der Waals surface area contributed by atoms with Gasteiger partial charge in [0, 0.05) is 0 Å². The third kappa shape index (κ3) is 3.18. The van der Waals surface area contributed by atoms with Crippen molar-refractivity contribution in [1.29, 1.82) is 0 Å². The first-order valence-electron chi connectivity index (χ1n) is 6.59. The minimum absolute atomic E-state index is 0.0323. The summed E-state index contributed by atoms with van der Waals surface area (Å²) in [6.45, 7) is 3.63. The molecule has 0 aromatic carbocycles. The van der Waals surface area contributed by atoms with Gasteiger partial charge in [0.15, 0.2) is 5.65 Å². The molecule has 0 unspecified atom stereocenters. The summed E-state index contributed by atoms with van der Waals surface area (Å²) in [6, 6.07) is 1.92. The van der Waals surface area contributed by atoms with Crippen LogP contribution >= 0.6 is 11.8 Å². The second-order valence-corrected chi connectivity index (χ2v) is 5.54. The van der Waals surface area contributed by atoms with Gasteiger partial charge in [0.1, 0.15) is 17.1 Å². The third-order valence-electron chi connectivity index (χ3n) is 2.84.